The van der Waals surface area contributed by atoms with E-state index in [1.54, 1.807) is 18.2 Å². The zero-order valence-corrected chi connectivity index (χ0v) is 13.1. The Morgan fingerprint density at radius 2 is 2.20 bits per heavy atom. The van der Waals surface area contributed by atoms with Crippen molar-refractivity contribution in [1.82, 2.24) is 9.78 Å². The second-order valence-electron chi connectivity index (χ2n) is 3.81. The predicted octanol–water partition coefficient (Wildman–Crippen LogP) is 2.96. The molecular formula is C11H8Br2N4O3. The molecule has 0 saturated carbocycles. The Hall–Kier alpha value is -1.74. The monoisotopic (exact) mass is 402 g/mol. The van der Waals surface area contributed by atoms with Crippen LogP contribution in [-0.2, 0) is 11.3 Å². The third-order valence-electron chi connectivity index (χ3n) is 2.29. The van der Waals surface area contributed by atoms with E-state index in [0.717, 1.165) is 4.47 Å². The van der Waals surface area contributed by atoms with Crippen molar-refractivity contribution in [2.75, 3.05) is 5.32 Å². The van der Waals surface area contributed by atoms with Crippen LogP contribution in [0.15, 0.2) is 39.4 Å². The SMILES string of the molecule is O=C(Cn1cc(Br)c([N+](=O)[O-])n1)Nc1cccc(Br)c1. The molecule has 2 rings (SSSR count). The molecule has 0 fully saturated rings. The second-order valence-corrected chi connectivity index (χ2v) is 5.58. The number of halogens is 2. The zero-order valence-electron chi connectivity index (χ0n) is 9.92. The van der Waals surface area contributed by atoms with Crippen molar-refractivity contribution in [3.63, 3.8) is 0 Å². The predicted molar refractivity (Wildman–Crippen MR) is 79.4 cm³/mol. The summed E-state index contributed by atoms with van der Waals surface area (Å²) >= 11 is 6.32. The third kappa shape index (κ3) is 3.64. The number of benzene rings is 1. The number of carbonyl (C=O) groups is 1. The minimum absolute atomic E-state index is 0.112. The summed E-state index contributed by atoms with van der Waals surface area (Å²) in [5.74, 6) is -0.645. The van der Waals surface area contributed by atoms with Crippen LogP contribution in [0.3, 0.4) is 0 Å². The minimum atomic E-state index is -0.618. The van der Waals surface area contributed by atoms with Gasteiger partial charge in [0, 0.05) is 10.2 Å². The Morgan fingerprint density at radius 1 is 1.45 bits per heavy atom. The van der Waals surface area contributed by atoms with Crippen LogP contribution in [0.25, 0.3) is 0 Å². The van der Waals surface area contributed by atoms with E-state index in [1.807, 2.05) is 6.07 Å². The number of nitrogens with one attached hydrogen (secondary N) is 1. The highest BCUT2D eigenvalue weighted by Crippen LogP contribution is 2.22. The topological polar surface area (TPSA) is 90.1 Å². The Balaban J connectivity index is 2.05. The third-order valence-corrected chi connectivity index (χ3v) is 3.34. The summed E-state index contributed by atoms with van der Waals surface area (Å²) in [5.41, 5.74) is 0.630. The van der Waals surface area contributed by atoms with Crippen LogP contribution in [-0.4, -0.2) is 20.6 Å². The summed E-state index contributed by atoms with van der Waals surface area (Å²) in [6.45, 7) is -0.112. The molecule has 0 aliphatic heterocycles. The first-order chi connectivity index (χ1) is 9.45. The van der Waals surface area contributed by atoms with Crippen molar-refractivity contribution in [1.29, 1.82) is 0 Å². The summed E-state index contributed by atoms with van der Waals surface area (Å²) in [6, 6.07) is 7.11. The van der Waals surface area contributed by atoms with Crippen LogP contribution in [0, 0.1) is 10.1 Å². The van der Waals surface area contributed by atoms with Gasteiger partial charge in [-0.2, -0.15) is 4.68 Å². The van der Waals surface area contributed by atoms with Gasteiger partial charge in [0.05, 0.1) is 11.3 Å². The van der Waals surface area contributed by atoms with E-state index in [1.165, 1.54) is 10.9 Å². The Kier molecular flexibility index (Phi) is 4.50. The van der Waals surface area contributed by atoms with Gasteiger partial charge in [-0.25, -0.2) is 0 Å². The van der Waals surface area contributed by atoms with Crippen LogP contribution >= 0.6 is 31.9 Å². The van der Waals surface area contributed by atoms with Crippen LogP contribution < -0.4 is 5.32 Å². The molecular weight excluding hydrogens is 396 g/mol. The van der Waals surface area contributed by atoms with Crippen molar-refractivity contribution in [3.8, 4) is 0 Å². The van der Waals surface area contributed by atoms with E-state index in [-0.39, 0.29) is 22.7 Å². The zero-order chi connectivity index (χ0) is 14.7. The van der Waals surface area contributed by atoms with Gasteiger partial charge in [0.1, 0.15) is 11.0 Å². The molecule has 20 heavy (non-hydrogen) atoms. The fraction of sp³-hybridized carbons (Fsp3) is 0.0909. The van der Waals surface area contributed by atoms with Crippen molar-refractivity contribution in [3.05, 3.63) is 49.5 Å². The molecule has 104 valence electrons. The average Bonchev–Trinajstić information content (AvgIpc) is 2.70. The molecule has 9 heteroatoms. The number of carbonyl (C=O) groups excluding carboxylic acids is 1. The smallest absolute Gasteiger partial charge is 0.358 e. The Morgan fingerprint density at radius 3 is 2.80 bits per heavy atom. The van der Waals surface area contributed by atoms with Gasteiger partial charge in [-0.1, -0.05) is 22.0 Å². The molecule has 0 radical (unpaired) electrons. The van der Waals surface area contributed by atoms with E-state index in [4.69, 9.17) is 0 Å². The van der Waals surface area contributed by atoms with Crippen LogP contribution in [0.1, 0.15) is 0 Å². The lowest BCUT2D eigenvalue weighted by molar-refractivity contribution is -0.390. The summed E-state index contributed by atoms with van der Waals surface area (Å²) in [7, 11) is 0. The molecule has 1 aromatic carbocycles. The van der Waals surface area contributed by atoms with Gasteiger partial charge in [-0.15, -0.1) is 0 Å². The number of rotatable bonds is 4. The van der Waals surface area contributed by atoms with E-state index < -0.39 is 4.92 Å². The standard InChI is InChI=1S/C11H8Br2N4O3/c12-7-2-1-3-8(4-7)14-10(18)6-16-5-9(13)11(15-16)17(19)20/h1-5H,6H2,(H,14,18). The Labute approximate surface area is 130 Å². The number of anilines is 1. The van der Waals surface area contributed by atoms with Gasteiger partial charge >= 0.3 is 5.82 Å². The van der Waals surface area contributed by atoms with Crippen molar-refractivity contribution >= 4 is 49.3 Å². The normalized spacial score (nSPS) is 10.3. The second kappa shape index (κ2) is 6.14. The first-order valence-corrected chi connectivity index (χ1v) is 6.97. The number of aromatic nitrogens is 2. The molecule has 0 aliphatic carbocycles. The highest BCUT2D eigenvalue weighted by atomic mass is 79.9. The fourth-order valence-corrected chi connectivity index (χ4v) is 2.37. The van der Waals surface area contributed by atoms with E-state index >= 15 is 0 Å². The summed E-state index contributed by atoms with van der Waals surface area (Å²) in [5, 5.41) is 17.0. The lowest BCUT2D eigenvalue weighted by Gasteiger charge is -2.04. The lowest BCUT2D eigenvalue weighted by atomic mass is 10.3. The number of amides is 1. The summed E-state index contributed by atoms with van der Waals surface area (Å²) in [6.07, 6.45) is 1.39. The summed E-state index contributed by atoms with van der Waals surface area (Å²) in [4.78, 5) is 21.8. The maximum Gasteiger partial charge on any atom is 0.404 e. The molecule has 7 nitrogen and oxygen atoms in total. The Bertz CT molecular complexity index is 671. The molecule has 2 aromatic rings. The first kappa shape index (κ1) is 14.7. The number of nitrogens with zero attached hydrogens (tertiary/aromatic N) is 3. The van der Waals surface area contributed by atoms with Gasteiger partial charge < -0.3 is 15.4 Å². The molecule has 1 heterocycles. The highest BCUT2D eigenvalue weighted by molar-refractivity contribution is 9.10. The molecule has 0 spiro atoms. The van der Waals surface area contributed by atoms with E-state index in [2.05, 4.69) is 42.3 Å². The highest BCUT2D eigenvalue weighted by Gasteiger charge is 2.19. The molecule has 0 bridgehead atoms. The maximum atomic E-state index is 11.8. The molecule has 0 atom stereocenters. The van der Waals surface area contributed by atoms with Gasteiger partial charge in [0.25, 0.3) is 0 Å². The van der Waals surface area contributed by atoms with E-state index in [9.17, 15) is 14.9 Å². The van der Waals surface area contributed by atoms with Crippen molar-refractivity contribution in [2.45, 2.75) is 6.54 Å². The molecule has 0 saturated heterocycles. The van der Waals surface area contributed by atoms with Crippen LogP contribution in [0.4, 0.5) is 11.5 Å². The molecule has 1 aromatic heterocycles. The maximum absolute atomic E-state index is 11.8. The number of nitro groups is 1. The molecule has 0 unspecified atom stereocenters. The molecule has 1 N–H and O–H groups in total. The first-order valence-electron chi connectivity index (χ1n) is 5.38. The van der Waals surface area contributed by atoms with Crippen LogP contribution in [0.5, 0.6) is 0 Å². The quantitative estimate of drug-likeness (QED) is 0.627. The van der Waals surface area contributed by atoms with Gasteiger partial charge in [0.2, 0.25) is 5.91 Å². The largest absolute Gasteiger partial charge is 0.404 e. The van der Waals surface area contributed by atoms with Crippen molar-refractivity contribution in [2.24, 2.45) is 0 Å². The van der Waals surface area contributed by atoms with Crippen LogP contribution in [0.2, 0.25) is 0 Å². The molecule has 0 aliphatic rings. The van der Waals surface area contributed by atoms with Gasteiger partial charge in [0.15, 0.2) is 0 Å². The fourth-order valence-electron chi connectivity index (χ4n) is 1.51. The average molecular weight is 404 g/mol. The number of hydrogen-bond donors (Lipinski definition) is 1. The van der Waals surface area contributed by atoms with Gasteiger partial charge in [-0.3, -0.25) is 4.79 Å². The number of hydrogen-bond acceptors (Lipinski definition) is 4. The minimum Gasteiger partial charge on any atom is -0.358 e. The van der Waals surface area contributed by atoms with E-state index in [0.29, 0.717) is 5.69 Å². The lowest BCUT2D eigenvalue weighted by Crippen LogP contribution is -2.19. The molecule has 1 amide bonds. The summed E-state index contributed by atoms with van der Waals surface area (Å²) < 4.78 is 2.28. The van der Waals surface area contributed by atoms with Crippen molar-refractivity contribution < 1.29 is 9.72 Å². The van der Waals surface area contributed by atoms with Gasteiger partial charge in [-0.05, 0) is 39.1 Å².